The van der Waals surface area contributed by atoms with E-state index in [9.17, 15) is 9.59 Å². The minimum absolute atomic E-state index is 0.117. The van der Waals surface area contributed by atoms with Crippen molar-refractivity contribution >= 4 is 29.6 Å². The smallest absolute Gasteiger partial charge is 0.337 e. The average molecular weight is 361 g/mol. The average Bonchev–Trinajstić information content (AvgIpc) is 3.09. The van der Waals surface area contributed by atoms with Crippen molar-refractivity contribution in [2.24, 2.45) is 0 Å². The van der Waals surface area contributed by atoms with Gasteiger partial charge in [-0.25, -0.2) is 9.59 Å². The molecule has 0 aliphatic carbocycles. The van der Waals surface area contributed by atoms with Crippen LogP contribution in [0.15, 0.2) is 42.5 Å². The van der Waals surface area contributed by atoms with Gasteiger partial charge in [0.25, 0.3) is 0 Å². The van der Waals surface area contributed by atoms with E-state index < -0.39 is 11.9 Å². The molecule has 0 saturated carbocycles. The van der Waals surface area contributed by atoms with Gasteiger partial charge >= 0.3 is 11.9 Å². The number of halogens is 1. The third kappa shape index (κ3) is 3.92. The quantitative estimate of drug-likeness (QED) is 0.472. The summed E-state index contributed by atoms with van der Waals surface area (Å²) in [6, 6.07) is 9.41. The number of rotatable bonds is 4. The van der Waals surface area contributed by atoms with Crippen LogP contribution in [0.3, 0.4) is 0 Å². The third-order valence-electron chi connectivity index (χ3n) is 3.36. The van der Waals surface area contributed by atoms with Crippen molar-refractivity contribution in [1.29, 1.82) is 0 Å². The molecule has 128 valence electrons. The van der Waals surface area contributed by atoms with Crippen LogP contribution >= 0.6 is 11.6 Å². The molecule has 0 N–H and O–H groups in total. The fraction of sp³-hybridized carbons (Fsp3) is 0.111. The molecule has 0 aromatic heterocycles. The van der Waals surface area contributed by atoms with Crippen LogP contribution in [-0.2, 0) is 9.53 Å². The number of carbonyl (C=O) groups is 2. The van der Waals surface area contributed by atoms with E-state index in [1.807, 2.05) is 0 Å². The molecule has 1 aliphatic rings. The van der Waals surface area contributed by atoms with Gasteiger partial charge < -0.3 is 18.9 Å². The van der Waals surface area contributed by atoms with Crippen molar-refractivity contribution in [2.75, 3.05) is 13.9 Å². The molecule has 0 saturated heterocycles. The van der Waals surface area contributed by atoms with Gasteiger partial charge in [0.2, 0.25) is 6.79 Å². The number of benzene rings is 2. The summed E-state index contributed by atoms with van der Waals surface area (Å²) in [7, 11) is 1.30. The largest absolute Gasteiger partial charge is 0.465 e. The van der Waals surface area contributed by atoms with E-state index >= 15 is 0 Å². The maximum absolute atomic E-state index is 11.9. The van der Waals surface area contributed by atoms with Gasteiger partial charge in [0.05, 0.1) is 17.7 Å². The summed E-state index contributed by atoms with van der Waals surface area (Å²) in [6.45, 7) is 0.117. The molecule has 1 aliphatic heterocycles. The van der Waals surface area contributed by atoms with Crippen LogP contribution in [0.1, 0.15) is 15.9 Å². The van der Waals surface area contributed by atoms with E-state index in [0.29, 0.717) is 33.4 Å². The fourth-order valence-corrected chi connectivity index (χ4v) is 2.45. The first-order chi connectivity index (χ1) is 12.1. The number of ether oxygens (including phenoxy) is 4. The Kier molecular flexibility index (Phi) is 4.90. The Morgan fingerprint density at radius 2 is 1.92 bits per heavy atom. The van der Waals surface area contributed by atoms with E-state index in [1.165, 1.54) is 37.5 Å². The number of fused-ring (bicyclic) bond motifs is 1. The molecular formula is C18H13ClO6. The van der Waals surface area contributed by atoms with E-state index in [2.05, 4.69) is 4.74 Å². The Morgan fingerprint density at radius 1 is 1.16 bits per heavy atom. The first kappa shape index (κ1) is 16.9. The van der Waals surface area contributed by atoms with Gasteiger partial charge in [-0.2, -0.15) is 0 Å². The number of methoxy groups -OCH3 is 1. The summed E-state index contributed by atoms with van der Waals surface area (Å²) in [5.74, 6) is 0.300. The molecule has 3 rings (SSSR count). The molecule has 0 unspecified atom stereocenters. The van der Waals surface area contributed by atoms with Crippen LogP contribution < -0.4 is 14.2 Å². The van der Waals surface area contributed by atoms with Crippen LogP contribution in [0.5, 0.6) is 17.2 Å². The molecule has 0 bridgehead atoms. The normalized spacial score (nSPS) is 12.2. The minimum atomic E-state index is -0.570. The Morgan fingerprint density at radius 3 is 2.64 bits per heavy atom. The molecule has 2 aromatic rings. The van der Waals surface area contributed by atoms with Crippen LogP contribution in [-0.4, -0.2) is 25.8 Å². The summed E-state index contributed by atoms with van der Waals surface area (Å²) in [6.07, 6.45) is 2.82. The van der Waals surface area contributed by atoms with Crippen molar-refractivity contribution in [3.63, 3.8) is 0 Å². The molecule has 1 heterocycles. The summed E-state index contributed by atoms with van der Waals surface area (Å²) >= 11 is 6.08. The summed E-state index contributed by atoms with van der Waals surface area (Å²) < 4.78 is 20.2. The van der Waals surface area contributed by atoms with Crippen LogP contribution in [0.2, 0.25) is 5.02 Å². The summed E-state index contributed by atoms with van der Waals surface area (Å²) in [5.41, 5.74) is 1.04. The Hall–Kier alpha value is -2.99. The third-order valence-corrected chi connectivity index (χ3v) is 3.64. The molecule has 0 spiro atoms. The molecule has 0 fully saturated rings. The van der Waals surface area contributed by atoms with E-state index in [0.717, 1.165) is 0 Å². The molecule has 0 radical (unpaired) electrons. The van der Waals surface area contributed by atoms with Crippen molar-refractivity contribution in [3.05, 3.63) is 58.6 Å². The van der Waals surface area contributed by atoms with Gasteiger partial charge in [-0.05, 0) is 48.0 Å². The molecule has 25 heavy (non-hydrogen) atoms. The van der Waals surface area contributed by atoms with Crippen molar-refractivity contribution in [1.82, 2.24) is 0 Å². The zero-order valence-electron chi connectivity index (χ0n) is 13.2. The fourth-order valence-electron chi connectivity index (χ4n) is 2.17. The number of hydrogen-bond acceptors (Lipinski definition) is 6. The van der Waals surface area contributed by atoms with E-state index in [1.54, 1.807) is 18.2 Å². The molecule has 0 atom stereocenters. The Labute approximate surface area is 148 Å². The molecular weight excluding hydrogens is 348 g/mol. The van der Waals surface area contributed by atoms with Crippen LogP contribution in [0.25, 0.3) is 6.08 Å². The van der Waals surface area contributed by atoms with Gasteiger partial charge in [-0.3, -0.25) is 0 Å². The zero-order valence-corrected chi connectivity index (χ0v) is 13.9. The summed E-state index contributed by atoms with van der Waals surface area (Å²) in [4.78, 5) is 23.2. The van der Waals surface area contributed by atoms with E-state index in [-0.39, 0.29) is 6.79 Å². The summed E-state index contributed by atoms with van der Waals surface area (Å²) in [5, 5.41) is 0.404. The second-order valence-corrected chi connectivity index (χ2v) is 5.41. The Bertz CT molecular complexity index is 841. The minimum Gasteiger partial charge on any atom is -0.465 e. The maximum atomic E-state index is 11.9. The van der Waals surface area contributed by atoms with Crippen molar-refractivity contribution in [2.45, 2.75) is 0 Å². The highest BCUT2D eigenvalue weighted by Crippen LogP contribution is 2.40. The van der Waals surface area contributed by atoms with Crippen molar-refractivity contribution in [3.8, 4) is 17.2 Å². The highest BCUT2D eigenvalue weighted by Gasteiger charge is 2.17. The zero-order chi connectivity index (χ0) is 17.8. The second kappa shape index (κ2) is 7.27. The number of carbonyl (C=O) groups excluding carboxylic acids is 2. The van der Waals surface area contributed by atoms with Crippen molar-refractivity contribution < 1.29 is 28.5 Å². The molecule has 2 aromatic carbocycles. The number of esters is 2. The second-order valence-electron chi connectivity index (χ2n) is 5.01. The van der Waals surface area contributed by atoms with Gasteiger partial charge in [0.1, 0.15) is 5.75 Å². The lowest BCUT2D eigenvalue weighted by atomic mass is 10.2. The first-order valence-electron chi connectivity index (χ1n) is 7.24. The predicted molar refractivity (Wildman–Crippen MR) is 90.0 cm³/mol. The standard InChI is InChI=1S/C18H13ClO6/c1-22-18(21)12-3-5-13(6-4-12)25-16(20)7-2-11-8-14(19)17-15(9-11)23-10-24-17/h2-9H,10H2,1H3/b7-2+. The Balaban J connectivity index is 1.65. The van der Waals surface area contributed by atoms with Crippen LogP contribution in [0, 0.1) is 0 Å². The lowest BCUT2D eigenvalue weighted by Crippen LogP contribution is -2.05. The topological polar surface area (TPSA) is 71.1 Å². The van der Waals surface area contributed by atoms with E-state index in [4.69, 9.17) is 25.8 Å². The van der Waals surface area contributed by atoms with Crippen LogP contribution in [0.4, 0.5) is 0 Å². The first-order valence-corrected chi connectivity index (χ1v) is 7.62. The highest BCUT2D eigenvalue weighted by atomic mass is 35.5. The lowest BCUT2D eigenvalue weighted by molar-refractivity contribution is -0.128. The van der Waals surface area contributed by atoms with Gasteiger partial charge in [0, 0.05) is 6.08 Å². The molecule has 6 nitrogen and oxygen atoms in total. The van der Waals surface area contributed by atoms with Gasteiger partial charge in [-0.15, -0.1) is 0 Å². The lowest BCUT2D eigenvalue weighted by Gasteiger charge is -2.03. The maximum Gasteiger partial charge on any atom is 0.337 e. The predicted octanol–water partition coefficient (Wildman–Crippen LogP) is 3.47. The van der Waals surface area contributed by atoms with Gasteiger partial charge in [-0.1, -0.05) is 11.6 Å². The van der Waals surface area contributed by atoms with Gasteiger partial charge in [0.15, 0.2) is 11.5 Å². The molecule has 7 heteroatoms. The molecule has 0 amide bonds. The SMILES string of the molecule is COC(=O)c1ccc(OC(=O)/C=C/c2cc(Cl)c3c(c2)OCO3)cc1. The number of hydrogen-bond donors (Lipinski definition) is 0. The highest BCUT2D eigenvalue weighted by molar-refractivity contribution is 6.32. The monoisotopic (exact) mass is 360 g/mol.